The molecule has 1 fully saturated rings. The van der Waals surface area contributed by atoms with Crippen molar-refractivity contribution in [3.63, 3.8) is 0 Å². The number of aromatic nitrogens is 2. The molecule has 0 bridgehead atoms. The van der Waals surface area contributed by atoms with Crippen LogP contribution in [0.3, 0.4) is 0 Å². The number of primary amides is 1. The lowest BCUT2D eigenvalue weighted by atomic mass is 10.1. The van der Waals surface area contributed by atoms with Crippen LogP contribution in [-0.4, -0.2) is 52.9 Å². The minimum atomic E-state index is -0.597. The zero-order chi connectivity index (χ0) is 20.0. The normalized spacial score (nSPS) is 15.5. The zero-order valence-electron chi connectivity index (χ0n) is 16.0. The fourth-order valence-corrected chi connectivity index (χ4v) is 2.68. The van der Waals surface area contributed by atoms with Gasteiger partial charge in [0, 0.05) is 31.8 Å². The molecule has 27 heavy (non-hydrogen) atoms. The van der Waals surface area contributed by atoms with Gasteiger partial charge in [0.15, 0.2) is 0 Å². The van der Waals surface area contributed by atoms with Gasteiger partial charge in [-0.05, 0) is 26.3 Å². The highest BCUT2D eigenvalue weighted by molar-refractivity contribution is 5.95. The Morgan fingerprint density at radius 2 is 1.85 bits per heavy atom. The van der Waals surface area contributed by atoms with E-state index in [0.29, 0.717) is 43.4 Å². The van der Waals surface area contributed by atoms with Crippen LogP contribution in [-0.2, 0) is 4.79 Å². The van der Waals surface area contributed by atoms with Gasteiger partial charge in [-0.25, -0.2) is 9.97 Å². The lowest BCUT2D eigenvalue weighted by molar-refractivity contribution is -0.117. The summed E-state index contributed by atoms with van der Waals surface area (Å²) in [6.07, 6.45) is 6.73. The number of carbonyl (C=O) groups excluding carboxylic acids is 2. The Morgan fingerprint density at radius 1 is 1.19 bits per heavy atom. The summed E-state index contributed by atoms with van der Waals surface area (Å²) in [6, 6.07) is 0. The van der Waals surface area contributed by atoms with E-state index in [0.717, 1.165) is 5.57 Å². The van der Waals surface area contributed by atoms with E-state index in [1.807, 2.05) is 30.9 Å². The number of nitrogens with one attached hydrogen (secondary N) is 1. The van der Waals surface area contributed by atoms with E-state index in [1.165, 1.54) is 6.20 Å². The molecule has 1 aromatic heterocycles. The van der Waals surface area contributed by atoms with E-state index >= 15 is 0 Å². The van der Waals surface area contributed by atoms with Crippen LogP contribution in [0.4, 0.5) is 5.82 Å². The number of nitrogens with zero attached hydrogens (tertiary/aromatic N) is 4. The number of hydrogen-bond acceptors (Lipinski definition) is 6. The fraction of sp³-hybridized carbons (Fsp3) is 0.368. The second-order valence-corrected chi connectivity index (χ2v) is 6.31. The first-order valence-electron chi connectivity index (χ1n) is 8.75. The number of anilines is 1. The molecule has 0 spiro atoms. The number of nitrogens with two attached hydrogens (primary N) is 1. The third-order valence-electron chi connectivity index (χ3n) is 4.48. The zero-order valence-corrected chi connectivity index (χ0v) is 16.0. The largest absolute Gasteiger partial charge is 0.364 e. The average Bonchev–Trinajstić information content (AvgIpc) is 2.67. The molecule has 3 N–H and O–H groups in total. The minimum absolute atomic E-state index is 0.144. The van der Waals surface area contributed by atoms with Gasteiger partial charge in [-0.15, -0.1) is 0 Å². The molecular weight excluding hydrogens is 344 g/mol. The van der Waals surface area contributed by atoms with Crippen molar-refractivity contribution < 1.29 is 9.59 Å². The Hall–Kier alpha value is -3.16. The summed E-state index contributed by atoms with van der Waals surface area (Å²) in [6.45, 7) is 12.4. The van der Waals surface area contributed by atoms with Crippen LogP contribution in [0.5, 0.6) is 0 Å². The van der Waals surface area contributed by atoms with E-state index in [4.69, 9.17) is 5.73 Å². The van der Waals surface area contributed by atoms with E-state index in [1.54, 1.807) is 13.1 Å². The predicted octanol–water partition coefficient (Wildman–Crippen LogP) is 1.20. The van der Waals surface area contributed by atoms with Gasteiger partial charge in [0.1, 0.15) is 17.3 Å². The molecule has 1 aliphatic rings. The summed E-state index contributed by atoms with van der Waals surface area (Å²) in [4.78, 5) is 35.7. The first-order valence-corrected chi connectivity index (χ1v) is 8.75. The van der Waals surface area contributed by atoms with Crippen molar-refractivity contribution in [2.24, 2.45) is 5.73 Å². The molecule has 2 heterocycles. The number of amides is 2. The van der Waals surface area contributed by atoms with Gasteiger partial charge < -0.3 is 20.9 Å². The molecule has 1 aromatic rings. The Balaban J connectivity index is 1.91. The van der Waals surface area contributed by atoms with Gasteiger partial charge >= 0.3 is 0 Å². The van der Waals surface area contributed by atoms with Crippen molar-refractivity contribution in [1.82, 2.24) is 20.2 Å². The summed E-state index contributed by atoms with van der Waals surface area (Å²) in [5.74, 6) is 0.531. The fourth-order valence-electron chi connectivity index (χ4n) is 2.68. The SMILES string of the molecule is C=C(NC(=O)/C(C)=C(C)/C=C\C)N1CCN(c2cnc(C(N)=O)cn2)CC1. The summed E-state index contributed by atoms with van der Waals surface area (Å²) >= 11 is 0. The van der Waals surface area contributed by atoms with Crippen molar-refractivity contribution in [2.75, 3.05) is 31.1 Å². The van der Waals surface area contributed by atoms with Crippen LogP contribution in [0, 0.1) is 0 Å². The van der Waals surface area contributed by atoms with Crippen LogP contribution in [0.25, 0.3) is 0 Å². The van der Waals surface area contributed by atoms with E-state index in [2.05, 4.69) is 26.8 Å². The van der Waals surface area contributed by atoms with Crippen molar-refractivity contribution in [1.29, 1.82) is 0 Å². The highest BCUT2D eigenvalue weighted by Crippen LogP contribution is 2.14. The Labute approximate surface area is 159 Å². The monoisotopic (exact) mass is 370 g/mol. The van der Waals surface area contributed by atoms with Gasteiger partial charge in [0.05, 0.1) is 12.4 Å². The lowest BCUT2D eigenvalue weighted by Crippen LogP contribution is -2.48. The molecule has 0 radical (unpaired) electrons. The molecule has 0 aromatic carbocycles. The molecule has 0 unspecified atom stereocenters. The standard InChI is InChI=1S/C19H26N6O2/c1-5-6-13(2)14(3)19(27)23-15(4)24-7-9-25(10-8-24)17-12-21-16(11-22-17)18(20)26/h5-6,11-12H,4,7-10H2,1-3H3,(H2,20,26)(H,23,27)/b6-5-,14-13+. The second-order valence-electron chi connectivity index (χ2n) is 6.31. The molecule has 0 atom stereocenters. The van der Waals surface area contributed by atoms with E-state index in [-0.39, 0.29) is 11.6 Å². The number of carbonyl (C=O) groups is 2. The molecule has 0 saturated carbocycles. The molecule has 8 nitrogen and oxygen atoms in total. The maximum absolute atomic E-state index is 12.3. The maximum Gasteiger partial charge on any atom is 0.268 e. The van der Waals surface area contributed by atoms with Crippen molar-refractivity contribution >= 4 is 17.6 Å². The highest BCUT2D eigenvalue weighted by atomic mass is 16.2. The quantitative estimate of drug-likeness (QED) is 0.576. The first kappa shape index (κ1) is 20.2. The Morgan fingerprint density at radius 3 is 2.37 bits per heavy atom. The number of hydrogen-bond donors (Lipinski definition) is 2. The van der Waals surface area contributed by atoms with Gasteiger partial charge in [-0.3, -0.25) is 9.59 Å². The van der Waals surface area contributed by atoms with Crippen LogP contribution in [0.15, 0.2) is 48.1 Å². The molecular formula is C19H26N6O2. The maximum atomic E-state index is 12.3. The Kier molecular flexibility index (Phi) is 6.70. The minimum Gasteiger partial charge on any atom is -0.364 e. The van der Waals surface area contributed by atoms with Crippen molar-refractivity contribution in [3.8, 4) is 0 Å². The summed E-state index contributed by atoms with van der Waals surface area (Å²) < 4.78 is 0. The summed E-state index contributed by atoms with van der Waals surface area (Å²) in [5, 5.41) is 2.87. The molecule has 2 amide bonds. The third kappa shape index (κ3) is 5.16. The van der Waals surface area contributed by atoms with Crippen LogP contribution >= 0.6 is 0 Å². The Bertz CT molecular complexity index is 774. The average molecular weight is 370 g/mol. The molecule has 1 saturated heterocycles. The van der Waals surface area contributed by atoms with Crippen LogP contribution < -0.4 is 16.0 Å². The summed E-state index contributed by atoms with van der Waals surface area (Å²) in [7, 11) is 0. The summed E-state index contributed by atoms with van der Waals surface area (Å²) in [5.41, 5.74) is 6.91. The molecule has 0 aliphatic carbocycles. The smallest absolute Gasteiger partial charge is 0.268 e. The number of allylic oxidation sites excluding steroid dienone is 3. The number of piperazine rings is 1. The van der Waals surface area contributed by atoms with E-state index < -0.39 is 5.91 Å². The van der Waals surface area contributed by atoms with Crippen LogP contribution in [0.2, 0.25) is 0 Å². The van der Waals surface area contributed by atoms with Crippen molar-refractivity contribution in [2.45, 2.75) is 20.8 Å². The predicted molar refractivity (Wildman–Crippen MR) is 105 cm³/mol. The van der Waals surface area contributed by atoms with Crippen molar-refractivity contribution in [3.05, 3.63) is 53.8 Å². The first-order chi connectivity index (χ1) is 12.8. The van der Waals surface area contributed by atoms with Gasteiger partial charge in [-0.2, -0.15) is 0 Å². The molecule has 2 rings (SSSR count). The second kappa shape index (κ2) is 8.98. The van der Waals surface area contributed by atoms with Crippen LogP contribution in [0.1, 0.15) is 31.3 Å². The lowest BCUT2D eigenvalue weighted by Gasteiger charge is -2.37. The topological polar surface area (TPSA) is 104 Å². The molecule has 8 heteroatoms. The molecule has 1 aliphatic heterocycles. The highest BCUT2D eigenvalue weighted by Gasteiger charge is 2.21. The molecule has 144 valence electrons. The van der Waals surface area contributed by atoms with Gasteiger partial charge in [-0.1, -0.05) is 18.7 Å². The van der Waals surface area contributed by atoms with Gasteiger partial charge in [0.2, 0.25) is 0 Å². The van der Waals surface area contributed by atoms with E-state index in [9.17, 15) is 9.59 Å². The number of rotatable bonds is 6. The third-order valence-corrected chi connectivity index (χ3v) is 4.48. The van der Waals surface area contributed by atoms with Gasteiger partial charge in [0.25, 0.3) is 11.8 Å².